The molecular formula is C29H29F3N4O5. The highest BCUT2D eigenvalue weighted by Gasteiger charge is 2.38. The highest BCUT2D eigenvalue weighted by molar-refractivity contribution is 5.95. The Bertz CT molecular complexity index is 1350. The Balaban J connectivity index is 0.000000587. The van der Waals surface area contributed by atoms with Gasteiger partial charge < -0.3 is 25.3 Å². The van der Waals surface area contributed by atoms with Gasteiger partial charge in [-0.1, -0.05) is 30.3 Å². The Hall–Kier alpha value is -4.87. The summed E-state index contributed by atoms with van der Waals surface area (Å²) in [6.45, 7) is 5.33. The van der Waals surface area contributed by atoms with E-state index >= 15 is 0 Å². The number of guanidine groups is 1. The summed E-state index contributed by atoms with van der Waals surface area (Å²) in [6.07, 6.45) is -5.08. The van der Waals surface area contributed by atoms with Crippen LogP contribution in [0.15, 0.2) is 83.9 Å². The molecule has 1 fully saturated rings. The number of anilines is 2. The predicted molar refractivity (Wildman–Crippen MR) is 149 cm³/mol. The number of piperazine rings is 1. The van der Waals surface area contributed by atoms with Crippen LogP contribution in [0.5, 0.6) is 0 Å². The molecule has 0 spiro atoms. The summed E-state index contributed by atoms with van der Waals surface area (Å²) >= 11 is 0. The van der Waals surface area contributed by atoms with Gasteiger partial charge in [-0.15, -0.1) is 0 Å². The van der Waals surface area contributed by atoms with Crippen molar-refractivity contribution in [2.45, 2.75) is 19.6 Å². The molecule has 3 N–H and O–H groups in total. The summed E-state index contributed by atoms with van der Waals surface area (Å²) < 4.78 is 31.7. The molecule has 0 aliphatic carbocycles. The molecule has 0 amide bonds. The van der Waals surface area contributed by atoms with Gasteiger partial charge >= 0.3 is 18.1 Å². The molecule has 41 heavy (non-hydrogen) atoms. The molecule has 1 saturated heterocycles. The number of aliphatic carboxylic acids is 1. The molecule has 12 heteroatoms. The number of rotatable bonds is 6. The van der Waals surface area contributed by atoms with Gasteiger partial charge in [0.25, 0.3) is 0 Å². The minimum atomic E-state index is -5.08. The van der Waals surface area contributed by atoms with E-state index in [2.05, 4.69) is 15.1 Å². The van der Waals surface area contributed by atoms with E-state index in [0.717, 1.165) is 54.6 Å². The fourth-order valence-corrected chi connectivity index (χ4v) is 3.88. The average Bonchev–Trinajstić information content (AvgIpc) is 2.96. The lowest BCUT2D eigenvalue weighted by Gasteiger charge is -2.37. The molecule has 9 nitrogen and oxygen atoms in total. The molecule has 0 atom stereocenters. The van der Waals surface area contributed by atoms with Crippen molar-refractivity contribution in [1.82, 2.24) is 4.90 Å². The first kappa shape index (κ1) is 30.7. The number of aliphatic imine (C=N–C) groups is 1. The number of Topliss-reactive ketones (excluding diaryl/α,β-unsaturated/α-hetero) is 1. The number of nitrogens with zero attached hydrogens (tertiary/aromatic N) is 3. The minimum Gasteiger partial charge on any atom is -0.478 e. The maximum Gasteiger partial charge on any atom is 0.490 e. The Kier molecular flexibility index (Phi) is 10.4. The van der Waals surface area contributed by atoms with Crippen LogP contribution in [0.3, 0.4) is 0 Å². The number of carboxylic acid groups (broad SMARTS) is 2. The molecule has 0 saturated carbocycles. The summed E-state index contributed by atoms with van der Waals surface area (Å²) in [5, 5.41) is 19.7. The average molecular weight is 571 g/mol. The van der Waals surface area contributed by atoms with E-state index in [4.69, 9.17) is 20.0 Å². The second-order valence-electron chi connectivity index (χ2n) is 9.01. The third-order valence-electron chi connectivity index (χ3n) is 6.10. The van der Waals surface area contributed by atoms with Crippen molar-refractivity contribution < 1.29 is 37.8 Å². The third kappa shape index (κ3) is 9.38. The Morgan fingerprint density at radius 3 is 1.85 bits per heavy atom. The number of nitrogens with one attached hydrogen (secondary N) is 1. The number of carbonyl (C=O) groups is 3. The first-order valence-electron chi connectivity index (χ1n) is 12.5. The smallest absolute Gasteiger partial charge is 0.478 e. The number of ketones is 1. The minimum absolute atomic E-state index is 0.0677. The van der Waals surface area contributed by atoms with Crippen molar-refractivity contribution in [3.63, 3.8) is 0 Å². The quantitative estimate of drug-likeness (QED) is 0.215. The standard InChI is InChI=1S/C27H28N4O3.C2HF3O2/c1-20(32)22-9-13-25(14-10-22)30-15-17-31(18-16-30)27(28-19-21-5-3-2-4-6-21)29-24-11-7-23(8-12-24)26(33)34;3-2(4,5)1(6)7/h2-14H,15-19H2,1H3,(H,28,29)(H,33,34);(H,6,7). The van der Waals surface area contributed by atoms with Crippen molar-refractivity contribution >= 4 is 35.1 Å². The number of hydrogen-bond donors (Lipinski definition) is 3. The van der Waals surface area contributed by atoms with Gasteiger partial charge in [0.1, 0.15) is 0 Å². The molecule has 1 aliphatic rings. The van der Waals surface area contributed by atoms with Gasteiger partial charge in [-0.2, -0.15) is 13.2 Å². The summed E-state index contributed by atoms with van der Waals surface area (Å²) in [6, 6.07) is 24.5. The topological polar surface area (TPSA) is 123 Å². The number of aromatic carboxylic acids is 1. The summed E-state index contributed by atoms with van der Waals surface area (Å²) in [5.41, 5.74) is 3.98. The zero-order valence-corrected chi connectivity index (χ0v) is 22.1. The van der Waals surface area contributed by atoms with Crippen LogP contribution in [-0.4, -0.2) is 71.1 Å². The van der Waals surface area contributed by atoms with Crippen LogP contribution in [0, 0.1) is 0 Å². The van der Waals surface area contributed by atoms with Crippen LogP contribution in [0.1, 0.15) is 33.2 Å². The van der Waals surface area contributed by atoms with Crippen LogP contribution in [0.4, 0.5) is 24.5 Å². The second-order valence-corrected chi connectivity index (χ2v) is 9.01. The van der Waals surface area contributed by atoms with E-state index < -0.39 is 18.1 Å². The Morgan fingerprint density at radius 2 is 1.37 bits per heavy atom. The van der Waals surface area contributed by atoms with E-state index in [-0.39, 0.29) is 11.3 Å². The number of carbonyl (C=O) groups excluding carboxylic acids is 1. The fourth-order valence-electron chi connectivity index (χ4n) is 3.88. The molecule has 4 rings (SSSR count). The van der Waals surface area contributed by atoms with Crippen LogP contribution < -0.4 is 10.2 Å². The first-order chi connectivity index (χ1) is 19.4. The molecule has 0 radical (unpaired) electrons. The highest BCUT2D eigenvalue weighted by Crippen LogP contribution is 2.19. The van der Waals surface area contributed by atoms with Gasteiger partial charge in [0, 0.05) is 43.1 Å². The van der Waals surface area contributed by atoms with E-state index in [1.165, 1.54) is 0 Å². The monoisotopic (exact) mass is 570 g/mol. The van der Waals surface area contributed by atoms with Crippen molar-refractivity contribution in [2.75, 3.05) is 36.4 Å². The van der Waals surface area contributed by atoms with Crippen LogP contribution >= 0.6 is 0 Å². The van der Waals surface area contributed by atoms with Crippen molar-refractivity contribution in [2.24, 2.45) is 4.99 Å². The number of benzene rings is 3. The molecule has 0 bridgehead atoms. The molecular weight excluding hydrogens is 541 g/mol. The summed E-state index contributed by atoms with van der Waals surface area (Å²) in [7, 11) is 0. The molecule has 1 heterocycles. The lowest BCUT2D eigenvalue weighted by atomic mass is 10.1. The van der Waals surface area contributed by atoms with Gasteiger partial charge in [0.15, 0.2) is 11.7 Å². The van der Waals surface area contributed by atoms with Crippen LogP contribution in [0.25, 0.3) is 0 Å². The normalized spacial score (nSPS) is 13.6. The molecule has 0 aromatic heterocycles. The van der Waals surface area contributed by atoms with Gasteiger partial charge in [-0.3, -0.25) is 4.79 Å². The SMILES string of the molecule is CC(=O)c1ccc(N2CCN(C(=NCc3ccccc3)Nc3ccc(C(=O)O)cc3)CC2)cc1.O=C(O)C(F)(F)F. The predicted octanol–water partition coefficient (Wildman–Crippen LogP) is 5.01. The van der Waals surface area contributed by atoms with Crippen molar-refractivity contribution in [3.8, 4) is 0 Å². The molecule has 0 unspecified atom stereocenters. The molecule has 1 aliphatic heterocycles. The van der Waals surface area contributed by atoms with Crippen molar-refractivity contribution in [1.29, 1.82) is 0 Å². The molecule has 216 valence electrons. The lowest BCUT2D eigenvalue weighted by Crippen LogP contribution is -2.50. The van der Waals surface area contributed by atoms with Gasteiger partial charge in [-0.05, 0) is 61.0 Å². The Labute approximate surface area is 234 Å². The Morgan fingerprint density at radius 1 is 0.829 bits per heavy atom. The molecule has 3 aromatic carbocycles. The maximum atomic E-state index is 11.5. The van der Waals surface area contributed by atoms with Crippen LogP contribution in [0.2, 0.25) is 0 Å². The van der Waals surface area contributed by atoms with E-state index in [1.54, 1.807) is 31.2 Å². The largest absolute Gasteiger partial charge is 0.490 e. The second kappa shape index (κ2) is 14.0. The summed E-state index contributed by atoms with van der Waals surface area (Å²) in [4.78, 5) is 41.0. The van der Waals surface area contributed by atoms with Crippen LogP contribution in [-0.2, 0) is 11.3 Å². The molecule has 3 aromatic rings. The van der Waals surface area contributed by atoms with Gasteiger partial charge in [0.2, 0.25) is 0 Å². The number of alkyl halides is 3. The lowest BCUT2D eigenvalue weighted by molar-refractivity contribution is -0.192. The van der Waals surface area contributed by atoms with E-state index in [0.29, 0.717) is 6.54 Å². The van der Waals surface area contributed by atoms with E-state index in [9.17, 15) is 22.8 Å². The number of hydrogen-bond acceptors (Lipinski definition) is 5. The third-order valence-corrected chi connectivity index (χ3v) is 6.10. The summed E-state index contributed by atoms with van der Waals surface area (Å²) in [5.74, 6) is -2.87. The number of carboxylic acids is 2. The highest BCUT2D eigenvalue weighted by atomic mass is 19.4. The van der Waals surface area contributed by atoms with E-state index in [1.807, 2.05) is 54.6 Å². The first-order valence-corrected chi connectivity index (χ1v) is 12.5. The van der Waals surface area contributed by atoms with Gasteiger partial charge in [0.05, 0.1) is 12.1 Å². The fraction of sp³-hybridized carbons (Fsp3) is 0.241. The zero-order chi connectivity index (χ0) is 30.0. The van der Waals surface area contributed by atoms with Gasteiger partial charge in [-0.25, -0.2) is 14.6 Å². The zero-order valence-electron chi connectivity index (χ0n) is 22.1. The number of halogens is 3. The maximum absolute atomic E-state index is 11.5. The van der Waals surface area contributed by atoms with Crippen molar-refractivity contribution in [3.05, 3.63) is 95.6 Å².